The zero-order valence-electron chi connectivity index (χ0n) is 12.8. The van der Waals surface area contributed by atoms with E-state index in [1.54, 1.807) is 31.4 Å². The molecule has 0 radical (unpaired) electrons. The van der Waals surface area contributed by atoms with Crippen molar-refractivity contribution in [3.8, 4) is 5.75 Å². The fraction of sp³-hybridized carbons (Fsp3) is 0.118. The molecule has 3 rings (SSSR count). The number of carbonyl (C=O) groups excluding carboxylic acids is 1. The minimum absolute atomic E-state index is 0.103. The van der Waals surface area contributed by atoms with Gasteiger partial charge in [0.05, 0.1) is 24.4 Å². The van der Waals surface area contributed by atoms with Crippen molar-refractivity contribution in [2.24, 2.45) is 0 Å². The molecule has 7 heteroatoms. The fourth-order valence-corrected chi connectivity index (χ4v) is 2.27. The molecule has 3 aromatic rings. The zero-order valence-corrected chi connectivity index (χ0v) is 12.8. The van der Waals surface area contributed by atoms with Crippen LogP contribution in [0.5, 0.6) is 5.75 Å². The molecule has 6 nitrogen and oxygen atoms in total. The van der Waals surface area contributed by atoms with Gasteiger partial charge in [0.15, 0.2) is 0 Å². The fourth-order valence-electron chi connectivity index (χ4n) is 2.27. The van der Waals surface area contributed by atoms with Gasteiger partial charge in [-0.25, -0.2) is 9.37 Å². The number of amides is 1. The molecule has 0 aliphatic carbocycles. The molecule has 122 valence electrons. The van der Waals surface area contributed by atoms with E-state index in [-0.39, 0.29) is 23.5 Å². The Bertz CT molecular complexity index is 951. The number of nitrogens with zero attached hydrogens (tertiary/aromatic N) is 1. The van der Waals surface area contributed by atoms with Gasteiger partial charge in [-0.15, -0.1) is 0 Å². The van der Waals surface area contributed by atoms with Crippen LogP contribution in [-0.4, -0.2) is 23.0 Å². The highest BCUT2D eigenvalue weighted by Gasteiger charge is 2.09. The Hall–Kier alpha value is -3.22. The minimum atomic E-state index is -0.514. The summed E-state index contributed by atoms with van der Waals surface area (Å²) in [4.78, 5) is 30.7. The number of nitrogens with one attached hydrogen (secondary N) is 2. The number of aromatic amines is 1. The third kappa shape index (κ3) is 3.40. The molecule has 0 atom stereocenters. The molecule has 0 unspecified atom stereocenters. The van der Waals surface area contributed by atoms with E-state index in [4.69, 9.17) is 4.74 Å². The number of hydrogen-bond donors (Lipinski definition) is 2. The van der Waals surface area contributed by atoms with Crippen LogP contribution < -0.4 is 15.6 Å². The molecule has 0 fully saturated rings. The van der Waals surface area contributed by atoms with Crippen molar-refractivity contribution in [3.05, 3.63) is 64.5 Å². The average Bonchev–Trinajstić information content (AvgIpc) is 2.56. The first-order valence-corrected chi connectivity index (χ1v) is 7.17. The summed E-state index contributed by atoms with van der Waals surface area (Å²) < 4.78 is 18.2. The molecule has 0 aliphatic heterocycles. The Morgan fingerprint density at radius 3 is 2.71 bits per heavy atom. The van der Waals surface area contributed by atoms with Gasteiger partial charge in [0.1, 0.15) is 17.4 Å². The number of H-pyrrole nitrogens is 1. The standard InChI is InChI=1S/C17H14FN3O3/c1-24-12-5-3-11(4-6-12)19-16(22)9-15-20-14-7-2-10(18)8-13(14)17(23)21-15/h2-8H,9H2,1H3,(H,19,22)(H,20,21,23). The van der Waals surface area contributed by atoms with Gasteiger partial charge in [-0.1, -0.05) is 0 Å². The molecule has 2 N–H and O–H groups in total. The zero-order chi connectivity index (χ0) is 17.1. The lowest BCUT2D eigenvalue weighted by Crippen LogP contribution is -2.19. The number of halogens is 1. The number of aromatic nitrogens is 2. The van der Waals surface area contributed by atoms with Crippen molar-refractivity contribution in [3.63, 3.8) is 0 Å². The first-order chi connectivity index (χ1) is 11.5. The predicted molar refractivity (Wildman–Crippen MR) is 87.6 cm³/mol. The number of rotatable bonds is 4. The number of methoxy groups -OCH3 is 1. The van der Waals surface area contributed by atoms with Gasteiger partial charge in [-0.2, -0.15) is 0 Å². The third-order valence-corrected chi connectivity index (χ3v) is 3.42. The second-order valence-corrected chi connectivity index (χ2v) is 5.13. The number of hydrogen-bond acceptors (Lipinski definition) is 4. The van der Waals surface area contributed by atoms with E-state index in [9.17, 15) is 14.0 Å². The van der Waals surface area contributed by atoms with Crippen LogP contribution >= 0.6 is 0 Å². The summed E-state index contributed by atoms with van der Waals surface area (Å²) >= 11 is 0. The molecule has 0 aliphatic rings. The molecule has 0 saturated carbocycles. The lowest BCUT2D eigenvalue weighted by molar-refractivity contribution is -0.115. The second kappa shape index (κ2) is 6.49. The van der Waals surface area contributed by atoms with Gasteiger partial charge in [0, 0.05) is 5.69 Å². The topological polar surface area (TPSA) is 84.1 Å². The maximum absolute atomic E-state index is 13.2. The summed E-state index contributed by atoms with van der Waals surface area (Å²) in [6, 6.07) is 10.6. The Balaban J connectivity index is 1.77. The van der Waals surface area contributed by atoms with E-state index >= 15 is 0 Å². The van der Waals surface area contributed by atoms with Crippen molar-refractivity contribution in [1.82, 2.24) is 9.97 Å². The molecule has 2 aromatic carbocycles. The lowest BCUT2D eigenvalue weighted by atomic mass is 10.2. The molecule has 0 saturated heterocycles. The molecular weight excluding hydrogens is 313 g/mol. The molecular formula is C17H14FN3O3. The van der Waals surface area contributed by atoms with Crippen molar-refractivity contribution >= 4 is 22.5 Å². The highest BCUT2D eigenvalue weighted by Crippen LogP contribution is 2.15. The second-order valence-electron chi connectivity index (χ2n) is 5.13. The smallest absolute Gasteiger partial charge is 0.258 e. The summed E-state index contributed by atoms with van der Waals surface area (Å²) in [6.07, 6.45) is -0.103. The van der Waals surface area contributed by atoms with Gasteiger partial charge in [0.25, 0.3) is 5.56 Å². The van der Waals surface area contributed by atoms with E-state index in [1.807, 2.05) is 0 Å². The van der Waals surface area contributed by atoms with Gasteiger partial charge >= 0.3 is 0 Å². The van der Waals surface area contributed by atoms with Crippen molar-refractivity contribution < 1.29 is 13.9 Å². The Morgan fingerprint density at radius 1 is 1.25 bits per heavy atom. The van der Waals surface area contributed by atoms with Gasteiger partial charge < -0.3 is 15.0 Å². The van der Waals surface area contributed by atoms with Crippen molar-refractivity contribution in [2.45, 2.75) is 6.42 Å². The summed E-state index contributed by atoms with van der Waals surface area (Å²) in [5, 5.41) is 2.85. The Labute approximate surface area is 136 Å². The van der Waals surface area contributed by atoms with Crippen LogP contribution in [0.2, 0.25) is 0 Å². The average molecular weight is 327 g/mol. The molecule has 0 bridgehead atoms. The van der Waals surface area contributed by atoms with Gasteiger partial charge in [-0.05, 0) is 42.5 Å². The first kappa shape index (κ1) is 15.7. The Morgan fingerprint density at radius 2 is 2.00 bits per heavy atom. The van der Waals surface area contributed by atoms with Crippen molar-refractivity contribution in [2.75, 3.05) is 12.4 Å². The molecule has 24 heavy (non-hydrogen) atoms. The van der Waals surface area contributed by atoms with Crippen LogP contribution in [0.3, 0.4) is 0 Å². The van der Waals surface area contributed by atoms with Crippen LogP contribution in [-0.2, 0) is 11.2 Å². The van der Waals surface area contributed by atoms with E-state index in [0.29, 0.717) is 17.0 Å². The predicted octanol–water partition coefficient (Wildman–Crippen LogP) is 2.25. The number of carbonyl (C=O) groups is 1. The Kier molecular flexibility index (Phi) is 4.24. The van der Waals surface area contributed by atoms with E-state index in [1.165, 1.54) is 12.1 Å². The molecule has 1 amide bonds. The van der Waals surface area contributed by atoms with Gasteiger partial charge in [-0.3, -0.25) is 9.59 Å². The highest BCUT2D eigenvalue weighted by atomic mass is 19.1. The largest absolute Gasteiger partial charge is 0.497 e. The maximum Gasteiger partial charge on any atom is 0.258 e. The summed E-state index contributed by atoms with van der Waals surface area (Å²) in [7, 11) is 1.56. The summed E-state index contributed by atoms with van der Waals surface area (Å²) in [5.74, 6) is 0.0513. The van der Waals surface area contributed by atoms with Crippen LogP contribution in [0.1, 0.15) is 5.82 Å². The number of fused-ring (bicyclic) bond motifs is 1. The highest BCUT2D eigenvalue weighted by molar-refractivity contribution is 5.92. The number of benzene rings is 2. The van der Waals surface area contributed by atoms with E-state index < -0.39 is 11.4 Å². The minimum Gasteiger partial charge on any atom is -0.497 e. The van der Waals surface area contributed by atoms with E-state index in [2.05, 4.69) is 15.3 Å². The third-order valence-electron chi connectivity index (χ3n) is 3.42. The molecule has 1 heterocycles. The maximum atomic E-state index is 13.2. The quantitative estimate of drug-likeness (QED) is 0.770. The van der Waals surface area contributed by atoms with E-state index in [0.717, 1.165) is 6.07 Å². The SMILES string of the molecule is COc1ccc(NC(=O)Cc2nc3ccc(F)cc3c(=O)[nH]2)cc1. The molecule has 0 spiro atoms. The number of ether oxygens (including phenoxy) is 1. The van der Waals surface area contributed by atoms with Crippen LogP contribution in [0, 0.1) is 5.82 Å². The normalized spacial score (nSPS) is 10.6. The number of anilines is 1. The summed E-state index contributed by atoms with van der Waals surface area (Å²) in [5.41, 5.74) is 0.463. The van der Waals surface area contributed by atoms with Gasteiger partial charge in [0.2, 0.25) is 5.91 Å². The van der Waals surface area contributed by atoms with Crippen LogP contribution in [0.15, 0.2) is 47.3 Å². The summed E-state index contributed by atoms with van der Waals surface area (Å²) in [6.45, 7) is 0. The lowest BCUT2D eigenvalue weighted by Gasteiger charge is -2.06. The van der Waals surface area contributed by atoms with Crippen LogP contribution in [0.25, 0.3) is 10.9 Å². The van der Waals surface area contributed by atoms with Crippen LogP contribution in [0.4, 0.5) is 10.1 Å². The monoisotopic (exact) mass is 327 g/mol. The first-order valence-electron chi connectivity index (χ1n) is 7.17. The molecule has 1 aromatic heterocycles. The van der Waals surface area contributed by atoms with Crippen molar-refractivity contribution in [1.29, 1.82) is 0 Å².